The molecule has 0 spiro atoms. The van der Waals surface area contributed by atoms with Crippen molar-refractivity contribution < 1.29 is 22.8 Å². The minimum Gasteiger partial charge on any atom is -0.740 e. The quantitative estimate of drug-likeness (QED) is 0.643. The minimum atomic E-state index is -2.63. The van der Waals surface area contributed by atoms with Crippen molar-refractivity contribution in [1.82, 2.24) is 0 Å². The number of hydrogen-bond donors (Lipinski definition) is 2. The Morgan fingerprint density at radius 1 is 1.03 bits per heavy atom. The lowest BCUT2D eigenvalue weighted by molar-refractivity contribution is -0.116. The van der Waals surface area contributed by atoms with Crippen LogP contribution in [-0.4, -0.2) is 19.8 Å². The summed E-state index contributed by atoms with van der Waals surface area (Å²) < 4.78 is 25.6. The molecule has 0 aromatic heterocycles. The summed E-state index contributed by atoms with van der Waals surface area (Å²) in [6.45, 7) is 12.3. The van der Waals surface area contributed by atoms with Crippen LogP contribution in [0.2, 0.25) is 0 Å². The van der Waals surface area contributed by atoms with Crippen molar-refractivity contribution >= 4 is 23.0 Å². The fraction of sp³-hybridized carbons (Fsp3) is 0.435. The second-order valence-electron chi connectivity index (χ2n) is 9.40. The molecule has 0 aliphatic heterocycles. The number of carbonyl (C=O) groups is 1. The maximum atomic E-state index is 12.4. The van der Waals surface area contributed by atoms with Crippen LogP contribution < -0.4 is 9.50 Å². The van der Waals surface area contributed by atoms with Crippen LogP contribution in [0, 0.1) is 0 Å². The maximum absolute atomic E-state index is 12.4. The zero-order valence-electron chi connectivity index (χ0n) is 18.4. The Hall–Kier alpha value is -2.38. The van der Waals surface area contributed by atoms with Crippen molar-refractivity contribution in [3.8, 4) is 11.5 Å². The van der Waals surface area contributed by atoms with Gasteiger partial charge < -0.3 is 19.2 Å². The van der Waals surface area contributed by atoms with E-state index in [4.69, 9.17) is 0 Å². The molecule has 164 valence electrons. The number of benzene rings is 2. The van der Waals surface area contributed by atoms with Crippen molar-refractivity contribution in [1.29, 1.82) is 0 Å². The zero-order valence-corrected chi connectivity index (χ0v) is 19.2. The molecule has 0 saturated heterocycles. The van der Waals surface area contributed by atoms with Crippen molar-refractivity contribution in [2.24, 2.45) is 0 Å². The number of amides is 1. The Balaban J connectivity index is 2.12. The van der Waals surface area contributed by atoms with Crippen LogP contribution in [0.1, 0.15) is 64.7 Å². The number of anilines is 1. The molecule has 30 heavy (non-hydrogen) atoms. The average molecular weight is 433 g/mol. The lowest BCUT2D eigenvalue weighted by atomic mass is 9.78. The minimum absolute atomic E-state index is 0.154. The molecule has 0 aliphatic carbocycles. The normalized spacial score (nSPS) is 13.0. The van der Waals surface area contributed by atoms with E-state index in [-0.39, 0.29) is 28.9 Å². The van der Waals surface area contributed by atoms with Crippen LogP contribution in [0.4, 0.5) is 5.69 Å². The Bertz CT molecular complexity index is 889. The highest BCUT2D eigenvalue weighted by atomic mass is 32.2. The summed E-state index contributed by atoms with van der Waals surface area (Å²) in [7, 11) is 0. The molecule has 1 unspecified atom stereocenters. The molecule has 0 saturated carbocycles. The number of aromatic hydroxyl groups is 1. The molecular formula is C23H30NO5S-. The average Bonchev–Trinajstić information content (AvgIpc) is 2.60. The number of rotatable bonds is 6. The van der Waals surface area contributed by atoms with Crippen LogP contribution in [0.15, 0.2) is 36.4 Å². The highest BCUT2D eigenvalue weighted by Crippen LogP contribution is 2.40. The highest BCUT2D eigenvalue weighted by Gasteiger charge is 2.26. The summed E-state index contributed by atoms with van der Waals surface area (Å²) in [5.74, 6) is 0.345. The second kappa shape index (κ2) is 9.18. The number of phenols is 1. The molecule has 0 radical (unpaired) electrons. The van der Waals surface area contributed by atoms with E-state index in [1.165, 1.54) is 12.1 Å². The van der Waals surface area contributed by atoms with Crippen molar-refractivity contribution in [3.63, 3.8) is 0 Å². The largest absolute Gasteiger partial charge is 0.740 e. The van der Waals surface area contributed by atoms with E-state index in [1.54, 1.807) is 12.1 Å². The number of aryl methyl sites for hydroxylation is 1. The lowest BCUT2D eigenvalue weighted by Crippen LogP contribution is -2.18. The van der Waals surface area contributed by atoms with Gasteiger partial charge in [0.1, 0.15) is 22.9 Å². The van der Waals surface area contributed by atoms with Gasteiger partial charge in [-0.2, -0.15) is 0 Å². The van der Waals surface area contributed by atoms with Gasteiger partial charge in [-0.25, -0.2) is 4.21 Å². The molecule has 2 rings (SSSR count). The van der Waals surface area contributed by atoms with E-state index in [0.29, 0.717) is 17.9 Å². The van der Waals surface area contributed by atoms with Gasteiger partial charge in [0, 0.05) is 12.1 Å². The predicted octanol–water partition coefficient (Wildman–Crippen LogP) is 4.73. The van der Waals surface area contributed by atoms with Gasteiger partial charge in [-0.3, -0.25) is 4.79 Å². The molecule has 2 aromatic carbocycles. The zero-order chi connectivity index (χ0) is 22.7. The van der Waals surface area contributed by atoms with Gasteiger partial charge in [-0.05, 0) is 58.2 Å². The highest BCUT2D eigenvalue weighted by molar-refractivity contribution is 7.74. The first kappa shape index (κ1) is 23.9. The molecule has 0 bridgehead atoms. The SMILES string of the molecule is CC(C)(C)c1cc(CCC(=O)Nc2ccc(OS(=O)[O-])cc2)cc(C(C)(C)C)c1O. The van der Waals surface area contributed by atoms with Crippen LogP contribution in [0.3, 0.4) is 0 Å². The summed E-state index contributed by atoms with van der Waals surface area (Å²) in [5.41, 5.74) is 2.85. The van der Waals surface area contributed by atoms with E-state index in [2.05, 4.69) is 51.0 Å². The smallest absolute Gasteiger partial charge is 0.224 e. The van der Waals surface area contributed by atoms with Crippen molar-refractivity contribution in [2.75, 3.05) is 5.32 Å². The van der Waals surface area contributed by atoms with Gasteiger partial charge in [0.2, 0.25) is 5.91 Å². The first-order valence-corrected chi connectivity index (χ1v) is 10.8. The fourth-order valence-electron chi connectivity index (χ4n) is 3.14. The molecular weight excluding hydrogens is 402 g/mol. The topological polar surface area (TPSA) is 98.7 Å². The molecule has 0 aliphatic rings. The van der Waals surface area contributed by atoms with Gasteiger partial charge in [0.15, 0.2) is 0 Å². The molecule has 2 N–H and O–H groups in total. The van der Waals surface area contributed by atoms with Crippen molar-refractivity contribution in [3.05, 3.63) is 53.1 Å². The Labute approximate surface area is 181 Å². The van der Waals surface area contributed by atoms with E-state index >= 15 is 0 Å². The van der Waals surface area contributed by atoms with Crippen LogP contribution >= 0.6 is 0 Å². The van der Waals surface area contributed by atoms with E-state index < -0.39 is 11.4 Å². The maximum Gasteiger partial charge on any atom is 0.224 e. The lowest BCUT2D eigenvalue weighted by Gasteiger charge is -2.28. The summed E-state index contributed by atoms with van der Waals surface area (Å²) in [4.78, 5) is 12.4. The first-order valence-electron chi connectivity index (χ1n) is 9.82. The van der Waals surface area contributed by atoms with Crippen molar-refractivity contribution in [2.45, 2.75) is 65.2 Å². The van der Waals surface area contributed by atoms with Gasteiger partial charge in [-0.15, -0.1) is 0 Å². The number of hydrogen-bond acceptors (Lipinski definition) is 5. The van der Waals surface area contributed by atoms with Crippen LogP contribution in [0.5, 0.6) is 11.5 Å². The summed E-state index contributed by atoms with van der Waals surface area (Å²) in [5, 5.41) is 13.6. The van der Waals surface area contributed by atoms with E-state index in [0.717, 1.165) is 16.7 Å². The molecule has 2 aromatic rings. The molecule has 6 nitrogen and oxygen atoms in total. The van der Waals surface area contributed by atoms with Gasteiger partial charge in [-0.1, -0.05) is 53.7 Å². The molecule has 0 fully saturated rings. The first-order chi connectivity index (χ1) is 13.8. The van der Waals surface area contributed by atoms with Gasteiger partial charge >= 0.3 is 0 Å². The molecule has 1 amide bonds. The Morgan fingerprint density at radius 2 is 1.53 bits per heavy atom. The summed E-state index contributed by atoms with van der Waals surface area (Å²) in [6.07, 6.45) is 0.815. The third-order valence-corrected chi connectivity index (χ3v) is 5.06. The number of phenolic OH excluding ortho intramolecular Hbond substituents is 1. The number of nitrogens with one attached hydrogen (secondary N) is 1. The molecule has 7 heteroatoms. The van der Waals surface area contributed by atoms with Gasteiger partial charge in [0.05, 0.1) is 0 Å². The third-order valence-electron chi connectivity index (χ3n) is 4.73. The van der Waals surface area contributed by atoms with E-state index in [9.17, 15) is 18.7 Å². The Morgan fingerprint density at radius 3 is 1.97 bits per heavy atom. The fourth-order valence-corrected chi connectivity index (χ4v) is 3.40. The van der Waals surface area contributed by atoms with E-state index in [1.807, 2.05) is 12.1 Å². The summed E-state index contributed by atoms with van der Waals surface area (Å²) in [6, 6.07) is 10.1. The predicted molar refractivity (Wildman–Crippen MR) is 118 cm³/mol. The number of carbonyl (C=O) groups excluding carboxylic acids is 1. The van der Waals surface area contributed by atoms with Crippen LogP contribution in [0.25, 0.3) is 0 Å². The third kappa shape index (κ3) is 6.57. The van der Waals surface area contributed by atoms with Gasteiger partial charge in [0.25, 0.3) is 0 Å². The Kier molecular flexibility index (Phi) is 7.31. The molecule has 0 heterocycles. The summed E-state index contributed by atoms with van der Waals surface area (Å²) >= 11 is -2.63. The van der Waals surface area contributed by atoms with Crippen LogP contribution in [-0.2, 0) is 33.4 Å². The second-order valence-corrected chi connectivity index (χ2v) is 9.97. The molecule has 1 atom stereocenters. The monoisotopic (exact) mass is 432 g/mol. The standard InChI is InChI=1S/C23H31NO5S/c1-22(2,3)18-13-15(14-19(21(18)26)23(4,5)6)7-12-20(25)24-16-8-10-17(11-9-16)29-30(27)28/h8-11,13-14,26H,7,12H2,1-6H3,(H,24,25)(H,27,28)/p-1.